The van der Waals surface area contributed by atoms with Gasteiger partial charge in [0.1, 0.15) is 11.5 Å². The van der Waals surface area contributed by atoms with E-state index in [9.17, 15) is 9.18 Å². The molecule has 0 aliphatic heterocycles. The van der Waals surface area contributed by atoms with Crippen molar-refractivity contribution in [1.29, 1.82) is 0 Å². The fourth-order valence-corrected chi connectivity index (χ4v) is 2.41. The fourth-order valence-electron chi connectivity index (χ4n) is 2.24. The molecule has 0 aliphatic rings. The molecule has 3 aromatic rings. The monoisotopic (exact) mass is 355 g/mol. The third-order valence-corrected chi connectivity index (χ3v) is 3.83. The first-order chi connectivity index (χ1) is 12.0. The number of amides is 1. The molecule has 126 valence electrons. The van der Waals surface area contributed by atoms with Gasteiger partial charge in [-0.25, -0.2) is 9.37 Å². The standard InChI is InChI=1S/C19H15ClFN3O/c1-12-6-7-13(20)10-18(12)23-14-8-9-17(22-11-14)19(25)24-16-5-3-2-4-15(16)21/h2-11,23H,1H3,(H,24,25). The van der Waals surface area contributed by atoms with E-state index in [-0.39, 0.29) is 11.4 Å². The molecule has 4 nitrogen and oxygen atoms in total. The normalized spacial score (nSPS) is 10.4. The van der Waals surface area contributed by atoms with Crippen molar-refractivity contribution in [3.05, 3.63) is 82.9 Å². The minimum absolute atomic E-state index is 0.117. The number of hydrogen-bond acceptors (Lipinski definition) is 3. The van der Waals surface area contributed by atoms with Crippen molar-refractivity contribution in [2.24, 2.45) is 0 Å². The molecule has 0 saturated heterocycles. The molecule has 25 heavy (non-hydrogen) atoms. The summed E-state index contributed by atoms with van der Waals surface area (Å²) in [6.45, 7) is 1.96. The minimum atomic E-state index is -0.495. The number of halogens is 2. The summed E-state index contributed by atoms with van der Waals surface area (Å²) in [5, 5.41) is 6.32. The van der Waals surface area contributed by atoms with Gasteiger partial charge >= 0.3 is 0 Å². The molecule has 0 saturated carbocycles. The molecule has 0 atom stereocenters. The average Bonchev–Trinajstić information content (AvgIpc) is 2.61. The predicted molar refractivity (Wildman–Crippen MR) is 98.1 cm³/mol. The van der Waals surface area contributed by atoms with Crippen LogP contribution < -0.4 is 10.6 Å². The molecule has 1 amide bonds. The number of nitrogens with zero attached hydrogens (tertiary/aromatic N) is 1. The van der Waals surface area contributed by atoms with Crippen molar-refractivity contribution in [2.75, 3.05) is 10.6 Å². The quantitative estimate of drug-likeness (QED) is 0.678. The molecule has 1 heterocycles. The summed E-state index contributed by atoms with van der Waals surface area (Å²) < 4.78 is 13.6. The summed E-state index contributed by atoms with van der Waals surface area (Å²) in [4.78, 5) is 16.3. The van der Waals surface area contributed by atoms with Crippen LogP contribution in [0.2, 0.25) is 5.02 Å². The van der Waals surface area contributed by atoms with E-state index < -0.39 is 11.7 Å². The first-order valence-corrected chi connectivity index (χ1v) is 7.96. The highest BCUT2D eigenvalue weighted by Crippen LogP contribution is 2.24. The maximum Gasteiger partial charge on any atom is 0.274 e. The summed E-state index contributed by atoms with van der Waals surface area (Å²) >= 11 is 6.00. The number of nitrogens with one attached hydrogen (secondary N) is 2. The molecule has 0 unspecified atom stereocenters. The summed E-state index contributed by atoms with van der Waals surface area (Å²) in [5.41, 5.74) is 2.92. The van der Waals surface area contributed by atoms with Gasteiger partial charge in [0, 0.05) is 10.7 Å². The van der Waals surface area contributed by atoms with Gasteiger partial charge in [-0.3, -0.25) is 4.79 Å². The van der Waals surface area contributed by atoms with Crippen LogP contribution in [0, 0.1) is 12.7 Å². The molecular weight excluding hydrogens is 341 g/mol. The van der Waals surface area contributed by atoms with Crippen molar-refractivity contribution < 1.29 is 9.18 Å². The lowest BCUT2D eigenvalue weighted by Gasteiger charge is -2.10. The molecule has 2 aromatic carbocycles. The van der Waals surface area contributed by atoms with Gasteiger partial charge < -0.3 is 10.6 Å². The van der Waals surface area contributed by atoms with Gasteiger partial charge in [-0.05, 0) is 48.9 Å². The molecule has 6 heteroatoms. The lowest BCUT2D eigenvalue weighted by atomic mass is 10.2. The Hall–Kier alpha value is -2.92. The second-order valence-electron chi connectivity index (χ2n) is 5.45. The van der Waals surface area contributed by atoms with Crippen LogP contribution in [-0.4, -0.2) is 10.9 Å². The van der Waals surface area contributed by atoms with Crippen molar-refractivity contribution in [2.45, 2.75) is 6.92 Å². The second kappa shape index (κ2) is 7.32. The number of para-hydroxylation sites is 1. The Labute approximate surface area is 149 Å². The third kappa shape index (κ3) is 4.14. The lowest BCUT2D eigenvalue weighted by molar-refractivity contribution is 0.102. The van der Waals surface area contributed by atoms with Crippen LogP contribution in [0.4, 0.5) is 21.5 Å². The Balaban J connectivity index is 1.72. The molecular formula is C19H15ClFN3O. The number of rotatable bonds is 4. The Morgan fingerprint density at radius 1 is 1.08 bits per heavy atom. The Kier molecular flexibility index (Phi) is 4.95. The number of benzene rings is 2. The largest absolute Gasteiger partial charge is 0.354 e. The first kappa shape index (κ1) is 16.9. The van der Waals surface area contributed by atoms with Gasteiger partial charge in [-0.15, -0.1) is 0 Å². The van der Waals surface area contributed by atoms with Crippen LogP contribution in [-0.2, 0) is 0 Å². The number of carbonyl (C=O) groups is 1. The van der Waals surface area contributed by atoms with Crippen LogP contribution in [0.1, 0.15) is 16.1 Å². The van der Waals surface area contributed by atoms with Crippen LogP contribution >= 0.6 is 11.6 Å². The number of anilines is 3. The van der Waals surface area contributed by atoms with E-state index in [0.717, 1.165) is 11.3 Å². The van der Waals surface area contributed by atoms with Gasteiger partial charge in [-0.2, -0.15) is 0 Å². The van der Waals surface area contributed by atoms with Crippen LogP contribution in [0.25, 0.3) is 0 Å². The van der Waals surface area contributed by atoms with Crippen molar-refractivity contribution in [1.82, 2.24) is 4.98 Å². The predicted octanol–water partition coefficient (Wildman–Crippen LogP) is 5.18. The molecule has 0 spiro atoms. The van der Waals surface area contributed by atoms with E-state index in [1.807, 2.05) is 25.1 Å². The highest BCUT2D eigenvalue weighted by atomic mass is 35.5. The molecule has 0 aliphatic carbocycles. The first-order valence-electron chi connectivity index (χ1n) is 7.58. The number of aryl methyl sites for hydroxylation is 1. The van der Waals surface area contributed by atoms with E-state index in [2.05, 4.69) is 15.6 Å². The number of carbonyl (C=O) groups excluding carboxylic acids is 1. The Morgan fingerprint density at radius 2 is 1.88 bits per heavy atom. The van der Waals surface area contributed by atoms with Gasteiger partial charge in [0.25, 0.3) is 5.91 Å². The van der Waals surface area contributed by atoms with Crippen LogP contribution in [0.15, 0.2) is 60.8 Å². The molecule has 1 aromatic heterocycles. The number of aromatic nitrogens is 1. The van der Waals surface area contributed by atoms with Crippen molar-refractivity contribution in [3.63, 3.8) is 0 Å². The van der Waals surface area contributed by atoms with E-state index in [1.54, 1.807) is 24.3 Å². The lowest BCUT2D eigenvalue weighted by Crippen LogP contribution is -2.14. The molecule has 2 N–H and O–H groups in total. The van der Waals surface area contributed by atoms with Gasteiger partial charge in [0.05, 0.1) is 17.6 Å². The van der Waals surface area contributed by atoms with Crippen LogP contribution in [0.3, 0.4) is 0 Å². The average molecular weight is 356 g/mol. The Bertz CT molecular complexity index is 913. The molecule has 0 radical (unpaired) electrons. The number of pyridine rings is 1. The van der Waals surface area contributed by atoms with Gasteiger partial charge in [-0.1, -0.05) is 29.8 Å². The summed E-state index contributed by atoms with van der Waals surface area (Å²) in [6.07, 6.45) is 1.54. The maximum atomic E-state index is 13.6. The maximum absolute atomic E-state index is 13.6. The SMILES string of the molecule is Cc1ccc(Cl)cc1Nc1ccc(C(=O)Nc2ccccc2F)nc1. The van der Waals surface area contributed by atoms with Crippen molar-refractivity contribution >= 4 is 34.6 Å². The summed E-state index contributed by atoms with van der Waals surface area (Å²) in [6, 6.07) is 14.8. The van der Waals surface area contributed by atoms with E-state index >= 15 is 0 Å². The van der Waals surface area contributed by atoms with Gasteiger partial charge in [0.15, 0.2) is 0 Å². The molecule has 0 fully saturated rings. The van der Waals surface area contributed by atoms with E-state index in [4.69, 9.17) is 11.6 Å². The number of hydrogen-bond donors (Lipinski definition) is 2. The van der Waals surface area contributed by atoms with Crippen LogP contribution in [0.5, 0.6) is 0 Å². The molecule has 0 bridgehead atoms. The zero-order valence-electron chi connectivity index (χ0n) is 13.4. The smallest absolute Gasteiger partial charge is 0.274 e. The minimum Gasteiger partial charge on any atom is -0.354 e. The zero-order valence-corrected chi connectivity index (χ0v) is 14.1. The summed E-state index contributed by atoms with van der Waals surface area (Å²) in [7, 11) is 0. The Morgan fingerprint density at radius 3 is 2.60 bits per heavy atom. The van der Waals surface area contributed by atoms with E-state index in [0.29, 0.717) is 10.7 Å². The van der Waals surface area contributed by atoms with Gasteiger partial charge in [0.2, 0.25) is 0 Å². The second-order valence-corrected chi connectivity index (χ2v) is 5.89. The highest BCUT2D eigenvalue weighted by molar-refractivity contribution is 6.30. The van der Waals surface area contributed by atoms with E-state index in [1.165, 1.54) is 18.3 Å². The zero-order chi connectivity index (χ0) is 17.8. The third-order valence-electron chi connectivity index (χ3n) is 3.60. The van der Waals surface area contributed by atoms with Crippen molar-refractivity contribution in [3.8, 4) is 0 Å². The highest BCUT2D eigenvalue weighted by Gasteiger charge is 2.10. The summed E-state index contributed by atoms with van der Waals surface area (Å²) in [5.74, 6) is -0.971. The molecule has 3 rings (SSSR count). The fraction of sp³-hybridized carbons (Fsp3) is 0.0526. The topological polar surface area (TPSA) is 54.0 Å².